The summed E-state index contributed by atoms with van der Waals surface area (Å²) in [7, 11) is 0. The van der Waals surface area contributed by atoms with Crippen LogP contribution in [-0.4, -0.2) is 0 Å². The molecule has 0 bridgehead atoms. The number of fused-ring (bicyclic) bond motifs is 9. The molecule has 1 unspecified atom stereocenters. The zero-order chi connectivity index (χ0) is 39.1. The molecule has 0 spiro atoms. The highest BCUT2D eigenvalue weighted by atomic mass is 16.3. The van der Waals surface area contributed by atoms with Gasteiger partial charge in [0.05, 0.1) is 11.1 Å². The highest BCUT2D eigenvalue weighted by Gasteiger charge is 2.47. The van der Waals surface area contributed by atoms with E-state index in [0.29, 0.717) is 0 Å². The van der Waals surface area contributed by atoms with E-state index < -0.39 is 5.41 Å². The zero-order valence-corrected chi connectivity index (χ0v) is 32.6. The molecule has 1 atom stereocenters. The third-order valence-corrected chi connectivity index (χ3v) is 13.2. The number of furan rings is 1. The molecule has 10 aromatic rings. The van der Waals surface area contributed by atoms with Gasteiger partial charge in [-0.15, -0.1) is 0 Å². The summed E-state index contributed by atoms with van der Waals surface area (Å²) in [5.41, 5.74) is 18.3. The van der Waals surface area contributed by atoms with Gasteiger partial charge in [-0.05, 0) is 105 Å². The number of nitrogens with zero attached hydrogens (tertiary/aromatic N) is 1. The Balaban J connectivity index is 1.16. The van der Waals surface area contributed by atoms with Crippen LogP contribution in [0.4, 0.5) is 17.1 Å². The fourth-order valence-corrected chi connectivity index (χ4v) is 10.7. The Morgan fingerprint density at radius 1 is 0.373 bits per heavy atom. The number of hydrogen-bond acceptors (Lipinski definition) is 2. The van der Waals surface area contributed by atoms with Crippen molar-refractivity contribution in [2.75, 3.05) is 4.90 Å². The highest BCUT2D eigenvalue weighted by Crippen LogP contribution is 2.60. The Kier molecular flexibility index (Phi) is 7.31. The molecule has 2 nitrogen and oxygen atoms in total. The Bertz CT molecular complexity index is 3200. The first kappa shape index (κ1) is 33.7. The van der Waals surface area contributed by atoms with Gasteiger partial charge in [0.1, 0.15) is 11.2 Å². The number of benzene rings is 9. The first-order valence-electron chi connectivity index (χ1n) is 20.5. The second kappa shape index (κ2) is 12.8. The normalized spacial score (nSPS) is 15.7. The van der Waals surface area contributed by atoms with Gasteiger partial charge in [-0.1, -0.05) is 176 Å². The zero-order valence-electron chi connectivity index (χ0n) is 32.6. The summed E-state index contributed by atoms with van der Waals surface area (Å²) in [6.07, 6.45) is 0. The van der Waals surface area contributed by atoms with Crippen molar-refractivity contribution in [1.82, 2.24) is 0 Å². The number of hydrogen-bond donors (Lipinski definition) is 0. The lowest BCUT2D eigenvalue weighted by Crippen LogP contribution is -2.28. The molecule has 1 heterocycles. The van der Waals surface area contributed by atoms with Crippen molar-refractivity contribution in [2.45, 2.75) is 17.8 Å². The van der Waals surface area contributed by atoms with Crippen molar-refractivity contribution in [1.29, 1.82) is 0 Å². The molecule has 1 aromatic heterocycles. The molecule has 12 rings (SSSR count). The number of para-hydroxylation sites is 1. The van der Waals surface area contributed by atoms with Crippen molar-refractivity contribution in [2.24, 2.45) is 0 Å². The van der Waals surface area contributed by atoms with Crippen LogP contribution in [-0.2, 0) is 10.8 Å². The molecule has 9 aromatic carbocycles. The van der Waals surface area contributed by atoms with Crippen LogP contribution in [0.2, 0.25) is 0 Å². The van der Waals surface area contributed by atoms with E-state index in [1.54, 1.807) is 0 Å². The van der Waals surface area contributed by atoms with Gasteiger partial charge in [0.25, 0.3) is 0 Å². The lowest BCUT2D eigenvalue weighted by molar-refractivity contribution is 0.669. The van der Waals surface area contributed by atoms with E-state index in [1.807, 2.05) is 6.07 Å². The predicted octanol–water partition coefficient (Wildman–Crippen LogP) is 14.8. The number of rotatable bonds is 6. The maximum absolute atomic E-state index is 6.39. The average Bonchev–Trinajstić information content (AvgIpc) is 3.92. The van der Waals surface area contributed by atoms with Crippen LogP contribution >= 0.6 is 0 Å². The summed E-state index contributed by atoms with van der Waals surface area (Å²) < 4.78 is 6.39. The molecule has 2 heteroatoms. The van der Waals surface area contributed by atoms with Gasteiger partial charge >= 0.3 is 0 Å². The van der Waals surface area contributed by atoms with Gasteiger partial charge < -0.3 is 9.32 Å². The summed E-state index contributed by atoms with van der Waals surface area (Å²) in [5, 5.41) is 2.21. The Labute approximate surface area is 344 Å². The first-order valence-corrected chi connectivity index (χ1v) is 20.5. The molecule has 0 amide bonds. The predicted molar refractivity (Wildman–Crippen MR) is 243 cm³/mol. The van der Waals surface area contributed by atoms with Crippen molar-refractivity contribution in [3.05, 3.63) is 257 Å². The summed E-state index contributed by atoms with van der Waals surface area (Å²) >= 11 is 0. The monoisotopic (exact) mass is 753 g/mol. The summed E-state index contributed by atoms with van der Waals surface area (Å²) in [6, 6.07) is 80.2. The molecule has 2 aliphatic rings. The standard InChI is InChI=1S/C57H39NO/c1-56(38-18-5-2-6-19-38)48-27-14-11-24-43(48)46-36-41(32-34-49(46)56)58(42-33-35-54-47(37-42)44-25-13-16-31-53(44)59-54)52-30-17-29-51-55(52)45-26-12-15-28-50(45)57(51,39-20-7-3-8-21-39)40-22-9-4-10-23-40/h2-37H,1H3. The Morgan fingerprint density at radius 3 is 1.66 bits per heavy atom. The Morgan fingerprint density at radius 2 is 0.915 bits per heavy atom. The summed E-state index contributed by atoms with van der Waals surface area (Å²) in [6.45, 7) is 2.39. The maximum atomic E-state index is 6.39. The molecular formula is C57H39NO. The van der Waals surface area contributed by atoms with Gasteiger partial charge in [0.15, 0.2) is 0 Å². The molecule has 2 aliphatic carbocycles. The minimum Gasteiger partial charge on any atom is -0.456 e. The minimum atomic E-state index is -0.519. The molecule has 0 fully saturated rings. The quantitative estimate of drug-likeness (QED) is 0.168. The molecule has 0 N–H and O–H groups in total. The lowest BCUT2D eigenvalue weighted by Gasteiger charge is -2.34. The molecule has 0 saturated heterocycles. The van der Waals surface area contributed by atoms with Crippen molar-refractivity contribution >= 4 is 39.0 Å². The van der Waals surface area contributed by atoms with Crippen molar-refractivity contribution < 1.29 is 4.42 Å². The van der Waals surface area contributed by atoms with Crippen molar-refractivity contribution in [3.8, 4) is 22.3 Å². The minimum absolute atomic E-state index is 0.289. The van der Waals surface area contributed by atoms with E-state index in [4.69, 9.17) is 4.42 Å². The van der Waals surface area contributed by atoms with Crippen LogP contribution in [0.1, 0.15) is 45.9 Å². The van der Waals surface area contributed by atoms with Gasteiger partial charge in [-0.25, -0.2) is 0 Å². The van der Waals surface area contributed by atoms with Crippen LogP contribution in [0.25, 0.3) is 44.2 Å². The molecule has 0 radical (unpaired) electrons. The second-order valence-corrected chi connectivity index (χ2v) is 16.1. The molecular weight excluding hydrogens is 715 g/mol. The van der Waals surface area contributed by atoms with Crippen LogP contribution in [0.15, 0.2) is 223 Å². The van der Waals surface area contributed by atoms with E-state index in [9.17, 15) is 0 Å². The topological polar surface area (TPSA) is 16.4 Å². The van der Waals surface area contributed by atoms with Crippen molar-refractivity contribution in [3.63, 3.8) is 0 Å². The summed E-state index contributed by atoms with van der Waals surface area (Å²) in [4.78, 5) is 2.49. The molecule has 0 aliphatic heterocycles. The first-order chi connectivity index (χ1) is 29.2. The van der Waals surface area contributed by atoms with E-state index in [-0.39, 0.29) is 5.41 Å². The average molecular weight is 754 g/mol. The number of anilines is 3. The van der Waals surface area contributed by atoms with E-state index >= 15 is 0 Å². The summed E-state index contributed by atoms with van der Waals surface area (Å²) in [5.74, 6) is 0. The highest BCUT2D eigenvalue weighted by molar-refractivity contribution is 6.07. The fourth-order valence-electron chi connectivity index (χ4n) is 10.7. The van der Waals surface area contributed by atoms with Crippen LogP contribution < -0.4 is 4.90 Å². The fraction of sp³-hybridized carbons (Fsp3) is 0.0526. The van der Waals surface area contributed by atoms with Crippen LogP contribution in [0, 0.1) is 0 Å². The molecule has 59 heavy (non-hydrogen) atoms. The van der Waals surface area contributed by atoms with Crippen LogP contribution in [0.3, 0.4) is 0 Å². The molecule has 278 valence electrons. The van der Waals surface area contributed by atoms with Gasteiger partial charge in [-0.2, -0.15) is 0 Å². The van der Waals surface area contributed by atoms with E-state index in [1.165, 1.54) is 61.2 Å². The van der Waals surface area contributed by atoms with Gasteiger partial charge in [-0.3, -0.25) is 0 Å². The Hall–Kier alpha value is -7.42. The SMILES string of the molecule is CC1(c2ccccc2)c2ccccc2-c2cc(N(c3ccc4oc5ccccc5c4c3)c3cccc4c3-c3ccccc3C4(c3ccccc3)c3ccccc3)ccc21. The van der Waals surface area contributed by atoms with E-state index in [2.05, 4.69) is 224 Å². The third kappa shape index (κ3) is 4.69. The second-order valence-electron chi connectivity index (χ2n) is 16.1. The van der Waals surface area contributed by atoms with Crippen LogP contribution in [0.5, 0.6) is 0 Å². The maximum Gasteiger partial charge on any atom is 0.135 e. The smallest absolute Gasteiger partial charge is 0.135 e. The third-order valence-electron chi connectivity index (χ3n) is 13.2. The van der Waals surface area contributed by atoms with Gasteiger partial charge in [0.2, 0.25) is 0 Å². The molecule has 0 saturated carbocycles. The van der Waals surface area contributed by atoms with Gasteiger partial charge in [0, 0.05) is 33.1 Å². The lowest BCUT2D eigenvalue weighted by atomic mass is 9.68. The van der Waals surface area contributed by atoms with E-state index in [0.717, 1.165) is 39.0 Å². The largest absolute Gasteiger partial charge is 0.456 e.